The molecule has 2 heterocycles. The first-order valence-corrected chi connectivity index (χ1v) is 8.90. The van der Waals surface area contributed by atoms with Crippen LogP contribution in [0.1, 0.15) is 10.7 Å². The molecule has 0 atom stereocenters. The van der Waals surface area contributed by atoms with Gasteiger partial charge in [0.25, 0.3) is 0 Å². The van der Waals surface area contributed by atoms with E-state index < -0.39 is 0 Å². The van der Waals surface area contributed by atoms with Gasteiger partial charge in [0.05, 0.1) is 23.5 Å². The van der Waals surface area contributed by atoms with Gasteiger partial charge in [-0.05, 0) is 68.2 Å². The summed E-state index contributed by atoms with van der Waals surface area (Å²) in [5.74, 6) is 1.34. The summed E-state index contributed by atoms with van der Waals surface area (Å²) in [5, 5.41) is 2.09. The summed E-state index contributed by atoms with van der Waals surface area (Å²) < 4.78 is 4.52. The van der Waals surface area contributed by atoms with E-state index in [0.717, 1.165) is 27.9 Å². The van der Waals surface area contributed by atoms with Gasteiger partial charge in [0.1, 0.15) is 5.82 Å². The summed E-state index contributed by atoms with van der Waals surface area (Å²) in [6.07, 6.45) is 0. The van der Waals surface area contributed by atoms with Gasteiger partial charge in [0.15, 0.2) is 0 Å². The van der Waals surface area contributed by atoms with Crippen molar-refractivity contribution in [3.8, 4) is 0 Å². The summed E-state index contributed by atoms with van der Waals surface area (Å²) in [7, 11) is 0. The number of rotatable bonds is 3. The maximum Gasteiger partial charge on any atom is 0.125 e. The molecule has 1 aromatic carbocycles. The Morgan fingerprint density at radius 3 is 2.89 bits per heavy atom. The van der Waals surface area contributed by atoms with Crippen molar-refractivity contribution in [2.45, 2.75) is 12.4 Å². The zero-order valence-corrected chi connectivity index (χ0v) is 15.1. The number of hydrogen-bond donors (Lipinski definition) is 0. The van der Waals surface area contributed by atoms with E-state index in [1.165, 1.54) is 8.45 Å². The maximum atomic E-state index is 6.03. The van der Waals surface area contributed by atoms with Crippen LogP contribution in [-0.4, -0.2) is 9.55 Å². The fourth-order valence-electron chi connectivity index (χ4n) is 2.01. The second-order valence-electron chi connectivity index (χ2n) is 4.07. The van der Waals surface area contributed by atoms with Crippen molar-refractivity contribution in [2.75, 3.05) is 0 Å². The fourth-order valence-corrected chi connectivity index (χ4v) is 4.16. The minimum Gasteiger partial charge on any atom is -0.322 e. The highest BCUT2D eigenvalue weighted by molar-refractivity contribution is 14.1. The molecular formula is C13H9BrClIN2S. The molecule has 2 nitrogen and oxygen atoms in total. The van der Waals surface area contributed by atoms with E-state index in [1.807, 2.05) is 0 Å². The van der Waals surface area contributed by atoms with Crippen molar-refractivity contribution in [1.82, 2.24) is 9.55 Å². The van der Waals surface area contributed by atoms with Crippen LogP contribution in [0.15, 0.2) is 34.1 Å². The third-order valence-electron chi connectivity index (χ3n) is 2.90. The number of nitrogens with zero attached hydrogens (tertiary/aromatic N) is 2. The number of imidazole rings is 1. The average Bonchev–Trinajstić information content (AvgIpc) is 2.94. The van der Waals surface area contributed by atoms with Crippen LogP contribution in [0.3, 0.4) is 0 Å². The van der Waals surface area contributed by atoms with Gasteiger partial charge in [-0.2, -0.15) is 0 Å². The third kappa shape index (κ3) is 2.70. The molecule has 0 saturated heterocycles. The van der Waals surface area contributed by atoms with Gasteiger partial charge in [0.2, 0.25) is 0 Å². The number of thiophene rings is 1. The molecule has 0 unspecified atom stereocenters. The summed E-state index contributed by atoms with van der Waals surface area (Å²) in [5.41, 5.74) is 2.14. The molecule has 2 aromatic heterocycles. The number of hydrogen-bond acceptors (Lipinski definition) is 2. The van der Waals surface area contributed by atoms with Crippen LogP contribution in [0.5, 0.6) is 0 Å². The van der Waals surface area contributed by atoms with Crippen LogP contribution in [0.2, 0.25) is 0 Å². The number of fused-ring (bicyclic) bond motifs is 1. The zero-order valence-electron chi connectivity index (χ0n) is 9.74. The minimum atomic E-state index is 0.425. The number of aromatic nitrogens is 2. The Labute approximate surface area is 142 Å². The van der Waals surface area contributed by atoms with Gasteiger partial charge in [-0.15, -0.1) is 22.9 Å². The summed E-state index contributed by atoms with van der Waals surface area (Å²) in [4.78, 5) is 5.90. The molecule has 0 amide bonds. The normalized spacial score (nSPS) is 11.3. The van der Waals surface area contributed by atoms with Crippen molar-refractivity contribution in [2.24, 2.45) is 0 Å². The topological polar surface area (TPSA) is 17.8 Å². The van der Waals surface area contributed by atoms with E-state index in [-0.39, 0.29) is 0 Å². The molecule has 3 rings (SSSR count). The average molecular weight is 468 g/mol. The van der Waals surface area contributed by atoms with Crippen molar-refractivity contribution in [1.29, 1.82) is 0 Å². The van der Waals surface area contributed by atoms with Crippen LogP contribution >= 0.6 is 61.5 Å². The van der Waals surface area contributed by atoms with E-state index in [1.54, 1.807) is 11.3 Å². The van der Waals surface area contributed by atoms with Crippen LogP contribution in [-0.2, 0) is 12.4 Å². The predicted molar refractivity (Wildman–Crippen MR) is 93.1 cm³/mol. The van der Waals surface area contributed by atoms with Gasteiger partial charge in [0, 0.05) is 12.9 Å². The summed E-state index contributed by atoms with van der Waals surface area (Å²) >= 11 is 13.6. The summed E-state index contributed by atoms with van der Waals surface area (Å²) in [6.45, 7) is 0.803. The Kier molecular flexibility index (Phi) is 4.17. The second kappa shape index (κ2) is 5.71. The lowest BCUT2D eigenvalue weighted by atomic mass is 10.3. The Bertz CT molecular complexity index is 737. The van der Waals surface area contributed by atoms with Crippen LogP contribution in [0, 0.1) is 3.57 Å². The molecule has 0 aliphatic carbocycles. The van der Waals surface area contributed by atoms with Gasteiger partial charge in [-0.1, -0.05) is 0 Å². The first kappa shape index (κ1) is 13.9. The Hall–Kier alpha value is -0.110. The van der Waals surface area contributed by atoms with Crippen molar-refractivity contribution >= 4 is 72.5 Å². The molecular weight excluding hydrogens is 458 g/mol. The van der Waals surface area contributed by atoms with Crippen LogP contribution < -0.4 is 0 Å². The predicted octanol–water partition coefficient (Wildman–Crippen LogP) is 5.25. The molecule has 0 aliphatic rings. The molecule has 0 radical (unpaired) electrons. The first-order valence-electron chi connectivity index (χ1n) is 5.61. The van der Waals surface area contributed by atoms with E-state index in [0.29, 0.717) is 5.88 Å². The Morgan fingerprint density at radius 2 is 2.21 bits per heavy atom. The standard InChI is InChI=1S/C13H9BrClIN2S/c14-9-3-4-19-12(9)7-18-11-2-1-8(16)5-10(11)17-13(18)6-15/h1-5H,6-7H2. The monoisotopic (exact) mass is 466 g/mol. The third-order valence-corrected chi connectivity index (χ3v) is 5.72. The lowest BCUT2D eigenvalue weighted by molar-refractivity contribution is 0.787. The van der Waals surface area contributed by atoms with Gasteiger partial charge >= 0.3 is 0 Å². The van der Waals surface area contributed by atoms with Gasteiger partial charge in [-0.3, -0.25) is 0 Å². The highest BCUT2D eigenvalue weighted by Gasteiger charge is 2.12. The molecule has 3 aromatic rings. The quantitative estimate of drug-likeness (QED) is 0.380. The molecule has 98 valence electrons. The molecule has 0 spiro atoms. The highest BCUT2D eigenvalue weighted by atomic mass is 127. The van der Waals surface area contributed by atoms with Gasteiger partial charge in [-0.25, -0.2) is 4.98 Å². The fraction of sp³-hybridized carbons (Fsp3) is 0.154. The lowest BCUT2D eigenvalue weighted by Gasteiger charge is -2.06. The van der Waals surface area contributed by atoms with E-state index in [4.69, 9.17) is 11.6 Å². The number of benzene rings is 1. The van der Waals surface area contributed by atoms with Crippen LogP contribution in [0.4, 0.5) is 0 Å². The van der Waals surface area contributed by atoms with E-state index in [9.17, 15) is 0 Å². The maximum absolute atomic E-state index is 6.03. The number of halogens is 3. The highest BCUT2D eigenvalue weighted by Crippen LogP contribution is 2.27. The van der Waals surface area contributed by atoms with Crippen molar-refractivity contribution in [3.63, 3.8) is 0 Å². The molecule has 0 fully saturated rings. The lowest BCUT2D eigenvalue weighted by Crippen LogP contribution is -2.02. The Balaban J connectivity index is 2.13. The Morgan fingerprint density at radius 1 is 1.37 bits per heavy atom. The van der Waals surface area contributed by atoms with Crippen molar-refractivity contribution < 1.29 is 0 Å². The van der Waals surface area contributed by atoms with Crippen LogP contribution in [0.25, 0.3) is 11.0 Å². The summed E-state index contributed by atoms with van der Waals surface area (Å²) in [6, 6.07) is 8.37. The zero-order chi connectivity index (χ0) is 13.4. The molecule has 0 aliphatic heterocycles. The minimum absolute atomic E-state index is 0.425. The molecule has 6 heteroatoms. The molecule has 0 saturated carbocycles. The SMILES string of the molecule is ClCc1nc2cc(I)ccc2n1Cc1sccc1Br. The molecule has 0 N–H and O–H groups in total. The van der Waals surface area contributed by atoms with E-state index in [2.05, 4.69) is 77.7 Å². The van der Waals surface area contributed by atoms with E-state index >= 15 is 0 Å². The first-order chi connectivity index (χ1) is 9.19. The van der Waals surface area contributed by atoms with Crippen molar-refractivity contribution in [3.05, 3.63) is 48.4 Å². The number of alkyl halides is 1. The molecule has 19 heavy (non-hydrogen) atoms. The van der Waals surface area contributed by atoms with Gasteiger partial charge < -0.3 is 4.57 Å². The molecule has 0 bridgehead atoms. The largest absolute Gasteiger partial charge is 0.322 e. The second-order valence-corrected chi connectivity index (χ2v) is 7.44. The smallest absolute Gasteiger partial charge is 0.125 e.